The molecule has 0 radical (unpaired) electrons. The fourth-order valence-corrected chi connectivity index (χ4v) is 1.91. The smallest absolute Gasteiger partial charge is 0.311 e. The minimum atomic E-state index is -0.687. The maximum Gasteiger partial charge on any atom is 0.311 e. The van der Waals surface area contributed by atoms with E-state index in [0.717, 1.165) is 0 Å². The highest BCUT2D eigenvalue weighted by molar-refractivity contribution is 5.80. The van der Waals surface area contributed by atoms with Crippen molar-refractivity contribution >= 4 is 11.9 Å². The Kier molecular flexibility index (Phi) is 4.97. The third-order valence-electron chi connectivity index (χ3n) is 3.03. The van der Waals surface area contributed by atoms with Gasteiger partial charge in [0, 0.05) is 0 Å². The number of methoxy groups -OCH3 is 2. The summed E-state index contributed by atoms with van der Waals surface area (Å²) in [7, 11) is 2.72. The van der Waals surface area contributed by atoms with E-state index in [1.54, 1.807) is 13.8 Å². The van der Waals surface area contributed by atoms with E-state index in [-0.39, 0.29) is 11.9 Å². The van der Waals surface area contributed by atoms with Gasteiger partial charge in [0.1, 0.15) is 0 Å². The van der Waals surface area contributed by atoms with Crippen molar-refractivity contribution < 1.29 is 19.1 Å². The summed E-state index contributed by atoms with van der Waals surface area (Å²) in [4.78, 5) is 23.2. The predicted molar refractivity (Wildman–Crippen MR) is 60.8 cm³/mol. The van der Waals surface area contributed by atoms with Crippen LogP contribution in [0.1, 0.15) is 40.5 Å². The minimum Gasteiger partial charge on any atom is -0.469 e. The van der Waals surface area contributed by atoms with Crippen molar-refractivity contribution in [3.05, 3.63) is 0 Å². The van der Waals surface area contributed by atoms with Crippen molar-refractivity contribution in [2.24, 2.45) is 10.8 Å². The second kappa shape index (κ2) is 5.32. The maximum atomic E-state index is 11.7. The number of esters is 2. The molecule has 0 fully saturated rings. The molecule has 0 saturated carbocycles. The van der Waals surface area contributed by atoms with Crippen LogP contribution in [0.25, 0.3) is 0 Å². The van der Waals surface area contributed by atoms with Crippen molar-refractivity contribution in [1.82, 2.24) is 0 Å². The van der Waals surface area contributed by atoms with Crippen molar-refractivity contribution in [3.63, 3.8) is 0 Å². The molecular formula is C12H22O4. The van der Waals surface area contributed by atoms with E-state index in [2.05, 4.69) is 0 Å². The maximum absolute atomic E-state index is 11.7. The van der Waals surface area contributed by atoms with Crippen LogP contribution in [0.15, 0.2) is 0 Å². The lowest BCUT2D eigenvalue weighted by Crippen LogP contribution is -2.37. The average molecular weight is 230 g/mol. The molecule has 4 nitrogen and oxygen atoms in total. The highest BCUT2D eigenvalue weighted by atomic mass is 16.5. The fourth-order valence-electron chi connectivity index (χ4n) is 1.91. The lowest BCUT2D eigenvalue weighted by atomic mass is 9.72. The van der Waals surface area contributed by atoms with Gasteiger partial charge in [-0.2, -0.15) is 0 Å². The Morgan fingerprint density at radius 3 is 1.75 bits per heavy atom. The van der Waals surface area contributed by atoms with Crippen LogP contribution in [0.3, 0.4) is 0 Å². The topological polar surface area (TPSA) is 52.6 Å². The standard InChI is InChI=1S/C12H22O4/c1-7-12(4,10(14)16-6)8-11(2,3)9(13)15-5/h7-8H2,1-6H3. The second-order valence-electron chi connectivity index (χ2n) is 4.96. The molecule has 0 aliphatic rings. The van der Waals surface area contributed by atoms with Crippen LogP contribution in [-0.4, -0.2) is 26.2 Å². The van der Waals surface area contributed by atoms with E-state index in [1.807, 2.05) is 13.8 Å². The van der Waals surface area contributed by atoms with E-state index in [1.165, 1.54) is 14.2 Å². The Hall–Kier alpha value is -1.06. The number of hydrogen-bond acceptors (Lipinski definition) is 4. The Labute approximate surface area is 97.3 Å². The predicted octanol–water partition coefficient (Wildman–Crippen LogP) is 2.17. The van der Waals surface area contributed by atoms with Gasteiger partial charge < -0.3 is 9.47 Å². The number of hydrogen-bond donors (Lipinski definition) is 0. The van der Waals surface area contributed by atoms with Crippen molar-refractivity contribution in [2.75, 3.05) is 14.2 Å². The summed E-state index contributed by atoms with van der Waals surface area (Å²) in [5.74, 6) is -0.594. The molecule has 0 aliphatic carbocycles. The molecule has 0 spiro atoms. The van der Waals surface area contributed by atoms with E-state index in [0.29, 0.717) is 12.8 Å². The average Bonchev–Trinajstić information content (AvgIpc) is 2.25. The first kappa shape index (κ1) is 14.9. The zero-order valence-corrected chi connectivity index (χ0v) is 11.0. The first-order valence-corrected chi connectivity index (χ1v) is 5.40. The van der Waals surface area contributed by atoms with Crippen molar-refractivity contribution in [2.45, 2.75) is 40.5 Å². The van der Waals surface area contributed by atoms with Gasteiger partial charge in [0.15, 0.2) is 0 Å². The number of ether oxygens (including phenoxy) is 2. The first-order valence-electron chi connectivity index (χ1n) is 5.40. The van der Waals surface area contributed by atoms with E-state index >= 15 is 0 Å². The molecule has 0 rings (SSSR count). The van der Waals surface area contributed by atoms with Crippen molar-refractivity contribution in [1.29, 1.82) is 0 Å². The van der Waals surface area contributed by atoms with Crippen LogP contribution in [0.2, 0.25) is 0 Å². The molecule has 0 amide bonds. The van der Waals surface area contributed by atoms with Crippen LogP contribution in [0.4, 0.5) is 0 Å². The van der Waals surface area contributed by atoms with Crippen LogP contribution < -0.4 is 0 Å². The number of carbonyl (C=O) groups excluding carboxylic acids is 2. The van der Waals surface area contributed by atoms with Crippen LogP contribution in [0, 0.1) is 10.8 Å². The SMILES string of the molecule is CCC(C)(CC(C)(C)C(=O)OC)C(=O)OC. The molecule has 0 saturated heterocycles. The molecule has 94 valence electrons. The molecule has 0 bridgehead atoms. The summed E-state index contributed by atoms with van der Waals surface area (Å²) in [5, 5.41) is 0. The van der Waals surface area contributed by atoms with Crippen molar-refractivity contribution in [3.8, 4) is 0 Å². The monoisotopic (exact) mass is 230 g/mol. The summed E-state index contributed by atoms with van der Waals surface area (Å²) in [6.45, 7) is 7.26. The van der Waals surface area contributed by atoms with Gasteiger partial charge in [0.25, 0.3) is 0 Å². The van der Waals surface area contributed by atoms with Gasteiger partial charge in [0.05, 0.1) is 25.0 Å². The fraction of sp³-hybridized carbons (Fsp3) is 0.833. The van der Waals surface area contributed by atoms with E-state index < -0.39 is 10.8 Å². The molecule has 0 aliphatic heterocycles. The molecule has 1 atom stereocenters. The van der Waals surface area contributed by atoms with Gasteiger partial charge in [-0.3, -0.25) is 9.59 Å². The Morgan fingerprint density at radius 1 is 1.00 bits per heavy atom. The zero-order valence-electron chi connectivity index (χ0n) is 11.0. The summed E-state index contributed by atoms with van der Waals surface area (Å²) in [5.41, 5.74) is -1.33. The molecule has 16 heavy (non-hydrogen) atoms. The molecule has 0 N–H and O–H groups in total. The van der Waals surface area contributed by atoms with Gasteiger partial charge >= 0.3 is 11.9 Å². The van der Waals surface area contributed by atoms with Gasteiger partial charge in [-0.05, 0) is 33.6 Å². The van der Waals surface area contributed by atoms with Gasteiger partial charge in [-0.25, -0.2) is 0 Å². The Balaban J connectivity index is 4.91. The molecule has 0 aromatic carbocycles. The van der Waals surface area contributed by atoms with Crippen LogP contribution >= 0.6 is 0 Å². The van der Waals surface area contributed by atoms with E-state index in [4.69, 9.17) is 9.47 Å². The van der Waals surface area contributed by atoms with Crippen LogP contribution in [-0.2, 0) is 19.1 Å². The Morgan fingerprint density at radius 2 is 1.44 bits per heavy atom. The summed E-state index contributed by atoms with van der Waals surface area (Å²) in [6.07, 6.45) is 1.04. The van der Waals surface area contributed by atoms with Gasteiger partial charge in [-0.15, -0.1) is 0 Å². The number of rotatable bonds is 5. The molecule has 1 unspecified atom stereocenters. The Bertz CT molecular complexity index is 270. The summed E-state index contributed by atoms with van der Waals surface area (Å²) >= 11 is 0. The summed E-state index contributed by atoms with van der Waals surface area (Å²) in [6, 6.07) is 0. The molecule has 0 aromatic heterocycles. The third kappa shape index (κ3) is 3.22. The normalized spacial score (nSPS) is 15.1. The highest BCUT2D eigenvalue weighted by Gasteiger charge is 2.42. The van der Waals surface area contributed by atoms with Gasteiger partial charge in [0.2, 0.25) is 0 Å². The molecule has 0 aromatic rings. The highest BCUT2D eigenvalue weighted by Crippen LogP contribution is 2.38. The zero-order chi connectivity index (χ0) is 13.0. The van der Waals surface area contributed by atoms with Gasteiger partial charge in [-0.1, -0.05) is 6.92 Å². The molecular weight excluding hydrogens is 208 g/mol. The molecule has 0 heterocycles. The largest absolute Gasteiger partial charge is 0.469 e. The lowest BCUT2D eigenvalue weighted by molar-refractivity contribution is -0.159. The lowest BCUT2D eigenvalue weighted by Gasteiger charge is -2.32. The quantitative estimate of drug-likeness (QED) is 0.679. The minimum absolute atomic E-state index is 0.285. The van der Waals surface area contributed by atoms with Crippen LogP contribution in [0.5, 0.6) is 0 Å². The third-order valence-corrected chi connectivity index (χ3v) is 3.03. The number of carbonyl (C=O) groups is 2. The van der Waals surface area contributed by atoms with E-state index in [9.17, 15) is 9.59 Å². The summed E-state index contributed by atoms with van der Waals surface area (Å²) < 4.78 is 9.50. The second-order valence-corrected chi connectivity index (χ2v) is 4.96. The first-order chi connectivity index (χ1) is 7.23. The molecule has 4 heteroatoms.